The summed E-state index contributed by atoms with van der Waals surface area (Å²) in [6.45, 7) is 2.57. The number of guanidine groups is 1. The van der Waals surface area contributed by atoms with Crippen molar-refractivity contribution in [2.24, 2.45) is 10.9 Å². The molecular weight excluding hydrogens is 460 g/mol. The lowest BCUT2D eigenvalue weighted by Gasteiger charge is -2.31. The van der Waals surface area contributed by atoms with Crippen molar-refractivity contribution in [3.63, 3.8) is 0 Å². The third-order valence-corrected chi connectivity index (χ3v) is 7.25. The molecule has 34 heavy (non-hydrogen) atoms. The maximum absolute atomic E-state index is 12.7. The molecular formula is C24H33ClN4O5. The van der Waals surface area contributed by atoms with Gasteiger partial charge in [0.05, 0.1) is 30.5 Å². The Hall–Kier alpha value is -2.36. The zero-order valence-corrected chi connectivity index (χ0v) is 20.3. The van der Waals surface area contributed by atoms with Crippen LogP contribution in [-0.4, -0.2) is 69.8 Å². The van der Waals surface area contributed by atoms with Crippen LogP contribution in [0.2, 0.25) is 5.02 Å². The Morgan fingerprint density at radius 2 is 2.12 bits per heavy atom. The average Bonchev–Trinajstić information content (AvgIpc) is 3.14. The van der Waals surface area contributed by atoms with E-state index < -0.39 is 12.3 Å². The predicted molar refractivity (Wildman–Crippen MR) is 128 cm³/mol. The Bertz CT molecular complexity index is 948. The first kappa shape index (κ1) is 24.8. The van der Waals surface area contributed by atoms with Gasteiger partial charge in [-0.1, -0.05) is 30.9 Å². The molecule has 4 rings (SSSR count). The summed E-state index contributed by atoms with van der Waals surface area (Å²) in [7, 11) is 0. The fourth-order valence-corrected chi connectivity index (χ4v) is 5.19. The smallest absolute Gasteiger partial charge is 0.251 e. The van der Waals surface area contributed by atoms with Crippen molar-refractivity contribution in [2.75, 3.05) is 19.8 Å². The van der Waals surface area contributed by atoms with Crippen LogP contribution in [0, 0.1) is 5.92 Å². The van der Waals surface area contributed by atoms with Gasteiger partial charge in [0.1, 0.15) is 18.0 Å². The number of carbonyl (C=O) groups excluding carboxylic acids is 2. The molecule has 0 radical (unpaired) electrons. The average molecular weight is 493 g/mol. The van der Waals surface area contributed by atoms with Gasteiger partial charge in [-0.3, -0.25) is 14.9 Å². The summed E-state index contributed by atoms with van der Waals surface area (Å²) >= 11 is 6.59. The summed E-state index contributed by atoms with van der Waals surface area (Å²) < 4.78 is 5.86. The Balaban J connectivity index is 1.31. The van der Waals surface area contributed by atoms with E-state index in [-0.39, 0.29) is 24.8 Å². The first-order valence-electron chi connectivity index (χ1n) is 12.1. The fraction of sp³-hybridized carbons (Fsp3) is 0.625. The highest BCUT2D eigenvalue weighted by molar-refractivity contribution is 6.33. The standard InChI is InChI=1S/C24H33ClN4O5/c1-15(31)28(12-16-6-3-2-4-7-16)21(32)8-5-11-34-20-10-9-18-17(22(20)25)13-29-19(14-30)23(33)27-24(29)26-18/h9-10,15-16,19,30-31H,2-8,11-14H2,1H3,(H,26,27,33). The van der Waals surface area contributed by atoms with Crippen molar-refractivity contribution in [1.82, 2.24) is 15.1 Å². The van der Waals surface area contributed by atoms with Crippen molar-refractivity contribution >= 4 is 35.1 Å². The number of hydrogen-bond acceptors (Lipinski definition) is 7. The zero-order chi connectivity index (χ0) is 24.2. The molecule has 1 saturated heterocycles. The molecule has 186 valence electrons. The molecule has 3 N–H and O–H groups in total. The maximum Gasteiger partial charge on any atom is 0.251 e. The van der Waals surface area contributed by atoms with Gasteiger partial charge in [0.2, 0.25) is 11.9 Å². The van der Waals surface area contributed by atoms with E-state index in [9.17, 15) is 19.8 Å². The Morgan fingerprint density at radius 3 is 2.82 bits per heavy atom. The van der Waals surface area contributed by atoms with Crippen molar-refractivity contribution in [3.8, 4) is 5.75 Å². The Morgan fingerprint density at radius 1 is 1.35 bits per heavy atom. The van der Waals surface area contributed by atoms with Crippen LogP contribution in [0.5, 0.6) is 5.75 Å². The molecule has 2 fully saturated rings. The normalized spacial score (nSPS) is 20.8. The molecule has 10 heteroatoms. The van der Waals surface area contributed by atoms with Gasteiger partial charge in [-0.25, -0.2) is 4.99 Å². The minimum absolute atomic E-state index is 0.0659. The highest BCUT2D eigenvalue weighted by atomic mass is 35.5. The lowest BCUT2D eigenvalue weighted by Crippen LogP contribution is -2.42. The van der Waals surface area contributed by atoms with E-state index in [1.54, 1.807) is 28.9 Å². The highest BCUT2D eigenvalue weighted by Crippen LogP contribution is 2.39. The van der Waals surface area contributed by atoms with Crippen LogP contribution in [0.25, 0.3) is 0 Å². The first-order chi connectivity index (χ1) is 16.4. The van der Waals surface area contributed by atoms with E-state index in [1.165, 1.54) is 19.3 Å². The first-order valence-corrected chi connectivity index (χ1v) is 12.5. The number of fused-ring (bicyclic) bond motifs is 2. The number of aliphatic hydroxyl groups excluding tert-OH is 2. The van der Waals surface area contributed by atoms with Crippen LogP contribution in [0.4, 0.5) is 5.69 Å². The number of benzene rings is 1. The number of ether oxygens (including phenoxy) is 1. The molecule has 2 amide bonds. The Labute approximate surface area is 204 Å². The van der Waals surface area contributed by atoms with Crippen LogP contribution in [0.1, 0.15) is 57.4 Å². The van der Waals surface area contributed by atoms with Crippen molar-refractivity contribution < 1.29 is 24.5 Å². The number of nitrogens with one attached hydrogen (secondary N) is 1. The van der Waals surface area contributed by atoms with E-state index in [0.717, 1.165) is 18.4 Å². The van der Waals surface area contributed by atoms with Gasteiger partial charge in [0.15, 0.2) is 0 Å². The lowest BCUT2D eigenvalue weighted by molar-refractivity contribution is -0.141. The summed E-state index contributed by atoms with van der Waals surface area (Å²) in [6.07, 6.45) is 5.85. The van der Waals surface area contributed by atoms with Gasteiger partial charge in [0.25, 0.3) is 5.91 Å². The predicted octanol–water partition coefficient (Wildman–Crippen LogP) is 2.54. The van der Waals surface area contributed by atoms with Crippen LogP contribution in [0.15, 0.2) is 17.1 Å². The van der Waals surface area contributed by atoms with Crippen LogP contribution in [0.3, 0.4) is 0 Å². The van der Waals surface area contributed by atoms with E-state index in [0.29, 0.717) is 54.5 Å². The molecule has 1 saturated carbocycles. The third kappa shape index (κ3) is 5.31. The molecule has 9 nitrogen and oxygen atoms in total. The molecule has 0 bridgehead atoms. The molecule has 2 aliphatic heterocycles. The molecule has 2 heterocycles. The van der Waals surface area contributed by atoms with Crippen molar-refractivity contribution in [2.45, 2.75) is 70.7 Å². The van der Waals surface area contributed by atoms with Gasteiger partial charge in [-0.05, 0) is 44.2 Å². The number of amides is 2. The van der Waals surface area contributed by atoms with Gasteiger partial charge >= 0.3 is 0 Å². The summed E-state index contributed by atoms with van der Waals surface area (Å²) in [5.74, 6) is 1.01. The molecule has 2 unspecified atom stereocenters. The SMILES string of the molecule is CC(O)N(CC1CCCCC1)C(=O)CCCOc1ccc2c(c1Cl)CN1C(=N2)NC(=O)C1CO. The third-order valence-electron chi connectivity index (χ3n) is 6.84. The summed E-state index contributed by atoms with van der Waals surface area (Å²) in [4.78, 5) is 32.5. The monoisotopic (exact) mass is 492 g/mol. The largest absolute Gasteiger partial charge is 0.492 e. The number of carbonyl (C=O) groups is 2. The minimum Gasteiger partial charge on any atom is -0.492 e. The van der Waals surface area contributed by atoms with Gasteiger partial charge in [-0.15, -0.1) is 0 Å². The number of hydrogen-bond donors (Lipinski definition) is 3. The second-order valence-corrected chi connectivity index (χ2v) is 9.64. The maximum atomic E-state index is 12.7. The second-order valence-electron chi connectivity index (χ2n) is 9.26. The summed E-state index contributed by atoms with van der Waals surface area (Å²) in [6, 6.07) is 2.82. The van der Waals surface area contributed by atoms with Crippen molar-refractivity contribution in [1.29, 1.82) is 0 Å². The number of rotatable bonds is 9. The van der Waals surface area contributed by atoms with Crippen LogP contribution < -0.4 is 10.1 Å². The van der Waals surface area contributed by atoms with E-state index in [2.05, 4.69) is 10.3 Å². The molecule has 1 aromatic carbocycles. The quantitative estimate of drug-likeness (QED) is 0.360. The fourth-order valence-electron chi connectivity index (χ4n) is 4.91. The number of aliphatic imine (C=N–C) groups is 1. The topological polar surface area (TPSA) is 115 Å². The number of halogens is 1. The molecule has 0 spiro atoms. The number of aliphatic hydroxyl groups is 2. The van der Waals surface area contributed by atoms with Gasteiger partial charge in [-0.2, -0.15) is 0 Å². The van der Waals surface area contributed by atoms with E-state index in [4.69, 9.17) is 16.3 Å². The zero-order valence-electron chi connectivity index (χ0n) is 19.5. The molecule has 1 aliphatic carbocycles. The highest BCUT2D eigenvalue weighted by Gasteiger charge is 2.39. The summed E-state index contributed by atoms with van der Waals surface area (Å²) in [5.41, 5.74) is 1.37. The van der Waals surface area contributed by atoms with E-state index >= 15 is 0 Å². The minimum atomic E-state index is -0.800. The number of nitrogens with zero attached hydrogens (tertiary/aromatic N) is 3. The van der Waals surface area contributed by atoms with Gasteiger partial charge in [0, 0.05) is 18.5 Å². The van der Waals surface area contributed by atoms with Crippen LogP contribution in [-0.2, 0) is 16.1 Å². The molecule has 2 atom stereocenters. The lowest BCUT2D eigenvalue weighted by atomic mass is 9.89. The Kier molecular flexibility index (Phi) is 7.95. The molecule has 3 aliphatic rings. The van der Waals surface area contributed by atoms with Gasteiger partial charge < -0.3 is 24.7 Å². The van der Waals surface area contributed by atoms with Crippen LogP contribution >= 0.6 is 11.6 Å². The molecule has 0 aromatic heterocycles. The van der Waals surface area contributed by atoms with E-state index in [1.807, 2.05) is 0 Å². The summed E-state index contributed by atoms with van der Waals surface area (Å²) in [5, 5.41) is 22.7. The van der Waals surface area contributed by atoms with Crippen molar-refractivity contribution in [3.05, 3.63) is 22.7 Å². The molecule has 1 aromatic rings. The second kappa shape index (κ2) is 10.9.